The molecular formula is C24H25N3O3. The number of ether oxygens (including phenoxy) is 2. The lowest BCUT2D eigenvalue weighted by Crippen LogP contribution is -2.38. The molecule has 0 N–H and O–H groups in total. The Labute approximate surface area is 176 Å². The second kappa shape index (κ2) is 8.95. The van der Waals surface area contributed by atoms with Crippen LogP contribution in [0.25, 0.3) is 11.4 Å². The van der Waals surface area contributed by atoms with Crippen molar-refractivity contribution < 1.29 is 14.3 Å². The maximum absolute atomic E-state index is 13.0. The first-order chi connectivity index (χ1) is 14.7. The van der Waals surface area contributed by atoms with Gasteiger partial charge in [0.2, 0.25) is 5.91 Å². The number of hydrogen-bond acceptors (Lipinski definition) is 5. The molecule has 1 aromatic heterocycles. The van der Waals surface area contributed by atoms with E-state index < -0.39 is 0 Å². The van der Waals surface area contributed by atoms with Gasteiger partial charge in [-0.3, -0.25) is 4.79 Å². The van der Waals surface area contributed by atoms with Gasteiger partial charge in [-0.2, -0.15) is 0 Å². The molecule has 0 spiro atoms. The fourth-order valence-corrected chi connectivity index (χ4v) is 4.08. The molecule has 6 nitrogen and oxygen atoms in total. The SMILES string of the molecule is COc1cccc(OC)c1C1CCCC(=O)N1Cc1cccc(-c2ncccn2)c1. The number of amides is 1. The summed E-state index contributed by atoms with van der Waals surface area (Å²) in [6.07, 6.45) is 5.72. The molecule has 0 saturated carbocycles. The Balaban J connectivity index is 1.68. The van der Waals surface area contributed by atoms with E-state index in [-0.39, 0.29) is 11.9 Å². The van der Waals surface area contributed by atoms with Crippen LogP contribution in [-0.4, -0.2) is 35.0 Å². The van der Waals surface area contributed by atoms with Gasteiger partial charge < -0.3 is 14.4 Å². The minimum atomic E-state index is -0.103. The van der Waals surface area contributed by atoms with Crippen molar-refractivity contribution in [3.05, 3.63) is 72.1 Å². The van der Waals surface area contributed by atoms with Gasteiger partial charge in [0.15, 0.2) is 5.82 Å². The highest BCUT2D eigenvalue weighted by molar-refractivity contribution is 5.78. The topological polar surface area (TPSA) is 64.6 Å². The average molecular weight is 403 g/mol. The number of methoxy groups -OCH3 is 2. The van der Waals surface area contributed by atoms with Gasteiger partial charge >= 0.3 is 0 Å². The molecule has 30 heavy (non-hydrogen) atoms. The standard InChI is InChI=1S/C24H25N3O3/c1-29-20-10-5-11-21(30-2)23(20)19-9-4-12-22(28)27(19)16-17-7-3-8-18(15-17)24-25-13-6-14-26-24/h3,5-8,10-11,13-15,19H,4,9,12,16H2,1-2H3. The molecule has 1 atom stereocenters. The number of aromatic nitrogens is 2. The van der Waals surface area contributed by atoms with Crippen LogP contribution in [0, 0.1) is 0 Å². The zero-order valence-corrected chi connectivity index (χ0v) is 17.2. The molecule has 2 aromatic carbocycles. The molecule has 6 heteroatoms. The highest BCUT2D eigenvalue weighted by Gasteiger charge is 2.33. The zero-order chi connectivity index (χ0) is 20.9. The van der Waals surface area contributed by atoms with Crippen LogP contribution in [-0.2, 0) is 11.3 Å². The third-order valence-corrected chi connectivity index (χ3v) is 5.47. The normalized spacial score (nSPS) is 16.4. The van der Waals surface area contributed by atoms with E-state index >= 15 is 0 Å². The quantitative estimate of drug-likeness (QED) is 0.610. The summed E-state index contributed by atoms with van der Waals surface area (Å²) in [7, 11) is 3.30. The minimum Gasteiger partial charge on any atom is -0.496 e. The van der Waals surface area contributed by atoms with Gasteiger partial charge in [0.25, 0.3) is 0 Å². The highest BCUT2D eigenvalue weighted by Crippen LogP contribution is 2.42. The van der Waals surface area contributed by atoms with Gasteiger partial charge in [-0.1, -0.05) is 24.3 Å². The van der Waals surface area contributed by atoms with Crippen molar-refractivity contribution >= 4 is 5.91 Å². The number of hydrogen-bond donors (Lipinski definition) is 0. The Kier molecular flexibility index (Phi) is 5.93. The van der Waals surface area contributed by atoms with Crippen LogP contribution in [0.2, 0.25) is 0 Å². The molecule has 0 aliphatic carbocycles. The van der Waals surface area contributed by atoms with Crippen molar-refractivity contribution in [2.75, 3.05) is 14.2 Å². The Morgan fingerprint density at radius 1 is 1.00 bits per heavy atom. The first-order valence-electron chi connectivity index (χ1n) is 10.1. The number of rotatable bonds is 6. The first kappa shape index (κ1) is 19.9. The van der Waals surface area contributed by atoms with Crippen LogP contribution in [0.5, 0.6) is 11.5 Å². The van der Waals surface area contributed by atoms with Gasteiger partial charge in [-0.15, -0.1) is 0 Å². The van der Waals surface area contributed by atoms with E-state index in [9.17, 15) is 4.79 Å². The number of carbonyl (C=O) groups is 1. The van der Waals surface area contributed by atoms with Crippen molar-refractivity contribution in [2.45, 2.75) is 31.8 Å². The predicted octanol–water partition coefficient (Wildman–Crippen LogP) is 4.41. The van der Waals surface area contributed by atoms with Crippen molar-refractivity contribution in [1.82, 2.24) is 14.9 Å². The van der Waals surface area contributed by atoms with Gasteiger partial charge in [-0.25, -0.2) is 9.97 Å². The second-order valence-corrected chi connectivity index (χ2v) is 7.28. The summed E-state index contributed by atoms with van der Waals surface area (Å²) in [4.78, 5) is 23.6. The summed E-state index contributed by atoms with van der Waals surface area (Å²) in [6, 6.07) is 15.5. The molecule has 1 saturated heterocycles. The molecule has 3 aromatic rings. The van der Waals surface area contributed by atoms with Gasteiger partial charge in [0, 0.05) is 30.9 Å². The van der Waals surface area contributed by atoms with E-state index in [1.807, 2.05) is 47.4 Å². The molecule has 0 bridgehead atoms. The summed E-state index contributed by atoms with van der Waals surface area (Å²) in [5.41, 5.74) is 2.90. The van der Waals surface area contributed by atoms with E-state index in [2.05, 4.69) is 9.97 Å². The number of piperidine rings is 1. The van der Waals surface area contributed by atoms with E-state index in [0.29, 0.717) is 18.8 Å². The van der Waals surface area contributed by atoms with Crippen LogP contribution < -0.4 is 9.47 Å². The summed E-state index contributed by atoms with van der Waals surface area (Å²) >= 11 is 0. The van der Waals surface area contributed by atoms with Crippen molar-refractivity contribution in [1.29, 1.82) is 0 Å². The van der Waals surface area contributed by atoms with Crippen LogP contribution in [0.1, 0.15) is 36.4 Å². The largest absolute Gasteiger partial charge is 0.496 e. The Hall–Kier alpha value is -3.41. The van der Waals surface area contributed by atoms with Crippen LogP contribution in [0.4, 0.5) is 0 Å². The third kappa shape index (κ3) is 3.99. The Bertz CT molecular complexity index is 1000. The zero-order valence-electron chi connectivity index (χ0n) is 17.2. The summed E-state index contributed by atoms with van der Waals surface area (Å²) in [6.45, 7) is 0.505. The Morgan fingerprint density at radius 2 is 1.70 bits per heavy atom. The Morgan fingerprint density at radius 3 is 2.40 bits per heavy atom. The van der Waals surface area contributed by atoms with E-state index in [4.69, 9.17) is 9.47 Å². The number of benzene rings is 2. The van der Waals surface area contributed by atoms with Crippen molar-refractivity contribution in [3.63, 3.8) is 0 Å². The lowest BCUT2D eigenvalue weighted by atomic mass is 9.92. The monoisotopic (exact) mass is 403 g/mol. The first-order valence-corrected chi connectivity index (χ1v) is 10.1. The molecule has 0 radical (unpaired) electrons. The average Bonchev–Trinajstić information content (AvgIpc) is 2.80. The number of carbonyl (C=O) groups excluding carboxylic acids is 1. The number of likely N-dealkylation sites (tertiary alicyclic amines) is 1. The van der Waals surface area contributed by atoms with Gasteiger partial charge in [0.1, 0.15) is 11.5 Å². The lowest BCUT2D eigenvalue weighted by molar-refractivity contribution is -0.137. The molecule has 1 aliphatic heterocycles. The molecule has 4 rings (SSSR count). The van der Waals surface area contributed by atoms with Gasteiger partial charge in [-0.05, 0) is 42.7 Å². The molecule has 1 unspecified atom stereocenters. The molecule has 1 amide bonds. The molecule has 1 aliphatic rings. The fraction of sp³-hybridized carbons (Fsp3) is 0.292. The van der Waals surface area contributed by atoms with Crippen molar-refractivity contribution in [3.8, 4) is 22.9 Å². The molecule has 1 fully saturated rings. The molecule has 2 heterocycles. The van der Waals surface area contributed by atoms with Crippen LogP contribution in [0.15, 0.2) is 60.9 Å². The minimum absolute atomic E-state index is 0.103. The fourth-order valence-electron chi connectivity index (χ4n) is 4.08. The predicted molar refractivity (Wildman–Crippen MR) is 114 cm³/mol. The maximum Gasteiger partial charge on any atom is 0.223 e. The smallest absolute Gasteiger partial charge is 0.223 e. The molecule has 154 valence electrons. The summed E-state index contributed by atoms with van der Waals surface area (Å²) < 4.78 is 11.2. The third-order valence-electron chi connectivity index (χ3n) is 5.47. The second-order valence-electron chi connectivity index (χ2n) is 7.28. The molecular weight excluding hydrogens is 378 g/mol. The highest BCUT2D eigenvalue weighted by atomic mass is 16.5. The lowest BCUT2D eigenvalue weighted by Gasteiger charge is -2.37. The van der Waals surface area contributed by atoms with Crippen LogP contribution >= 0.6 is 0 Å². The maximum atomic E-state index is 13.0. The van der Waals surface area contributed by atoms with Gasteiger partial charge in [0.05, 0.1) is 25.8 Å². The summed E-state index contributed by atoms with van der Waals surface area (Å²) in [5.74, 6) is 2.30. The van der Waals surface area contributed by atoms with E-state index in [1.165, 1.54) is 0 Å². The van der Waals surface area contributed by atoms with Crippen LogP contribution in [0.3, 0.4) is 0 Å². The summed E-state index contributed by atoms with van der Waals surface area (Å²) in [5, 5.41) is 0. The van der Waals surface area contributed by atoms with E-state index in [0.717, 1.165) is 41.0 Å². The van der Waals surface area contributed by atoms with Crippen molar-refractivity contribution in [2.24, 2.45) is 0 Å². The van der Waals surface area contributed by atoms with E-state index in [1.54, 1.807) is 32.7 Å². The number of nitrogens with zero attached hydrogens (tertiary/aromatic N) is 3.